The van der Waals surface area contributed by atoms with Crippen LogP contribution in [0, 0.1) is 11.3 Å². The van der Waals surface area contributed by atoms with E-state index >= 15 is 0 Å². The fraction of sp³-hybridized carbons (Fsp3) is 0.200. The van der Waals surface area contributed by atoms with Crippen LogP contribution in [0.1, 0.15) is 0 Å². The molecule has 0 bridgehead atoms. The zero-order valence-corrected chi connectivity index (χ0v) is 6.08. The van der Waals surface area contributed by atoms with E-state index in [2.05, 4.69) is 9.75 Å². The van der Waals surface area contributed by atoms with Gasteiger partial charge in [-0.25, -0.2) is 0 Å². The molecule has 0 saturated heterocycles. The third kappa shape index (κ3) is 2.27. The van der Waals surface area contributed by atoms with E-state index < -0.39 is 7.32 Å². The smallest absolute Gasteiger partial charge is 0.509 e. The van der Waals surface area contributed by atoms with Crippen molar-refractivity contribution >= 4 is 7.32 Å². The Bertz CT molecular complexity index is 292. The van der Waals surface area contributed by atoms with Crippen LogP contribution < -0.4 is 4.65 Å². The third-order valence-electron chi connectivity index (χ3n) is 1.08. The molecule has 7 heteroatoms. The van der Waals surface area contributed by atoms with Crippen LogP contribution in [0.4, 0.5) is 0 Å². The first kappa shape index (κ1) is 8.58. The van der Waals surface area contributed by atoms with Gasteiger partial charge in [-0.2, -0.15) is 10.4 Å². The van der Waals surface area contributed by atoms with Gasteiger partial charge in [-0.1, -0.05) is 0 Å². The molecule has 0 atom stereocenters. The molecule has 6 nitrogen and oxygen atoms in total. The molecule has 0 radical (unpaired) electrons. The highest BCUT2D eigenvalue weighted by molar-refractivity contribution is 6.33. The van der Waals surface area contributed by atoms with Gasteiger partial charge in [0, 0.05) is 0 Å². The van der Waals surface area contributed by atoms with Crippen molar-refractivity contribution in [3.8, 4) is 11.8 Å². The van der Waals surface area contributed by atoms with Crippen LogP contribution in [0.2, 0.25) is 0 Å². The molecule has 0 unspecified atom stereocenters. The summed E-state index contributed by atoms with van der Waals surface area (Å²) in [6.07, 6.45) is 2.68. The predicted molar refractivity (Wildman–Crippen MR) is 38.7 cm³/mol. The number of hydrogen-bond acceptors (Lipinski definition) is 5. The van der Waals surface area contributed by atoms with Crippen molar-refractivity contribution in [3.63, 3.8) is 0 Å². The molecule has 2 N–H and O–H groups in total. The standard InChI is InChI=1S/C5H6BN3O3/c7-1-2-9-4-5(3-8-9)12-6(10)11/h3-4,10-11H,2H2. The molecule has 1 aromatic heterocycles. The summed E-state index contributed by atoms with van der Waals surface area (Å²) < 4.78 is 5.78. The van der Waals surface area contributed by atoms with E-state index in [1.54, 1.807) is 0 Å². The Kier molecular flexibility index (Phi) is 2.69. The number of rotatable bonds is 3. The second-order valence-corrected chi connectivity index (χ2v) is 1.98. The van der Waals surface area contributed by atoms with Crippen LogP contribution in [-0.4, -0.2) is 27.1 Å². The van der Waals surface area contributed by atoms with Crippen LogP contribution in [-0.2, 0) is 6.54 Å². The molecule has 0 aliphatic rings. The van der Waals surface area contributed by atoms with Crippen molar-refractivity contribution in [2.45, 2.75) is 6.54 Å². The highest BCUT2D eigenvalue weighted by atomic mass is 16.6. The van der Waals surface area contributed by atoms with Gasteiger partial charge in [0.25, 0.3) is 0 Å². The summed E-state index contributed by atoms with van der Waals surface area (Å²) in [5.74, 6) is 0.209. The monoisotopic (exact) mass is 167 g/mol. The van der Waals surface area contributed by atoms with Gasteiger partial charge >= 0.3 is 7.32 Å². The lowest BCUT2D eigenvalue weighted by Gasteiger charge is -1.97. The van der Waals surface area contributed by atoms with Crippen molar-refractivity contribution < 1.29 is 14.7 Å². The molecule has 1 aromatic rings. The lowest BCUT2D eigenvalue weighted by molar-refractivity contribution is 0.288. The molecule has 0 fully saturated rings. The third-order valence-corrected chi connectivity index (χ3v) is 1.08. The average molecular weight is 167 g/mol. The molecule has 1 rings (SSSR count). The maximum absolute atomic E-state index is 8.38. The molecule has 0 aliphatic carbocycles. The van der Waals surface area contributed by atoms with E-state index in [0.29, 0.717) is 0 Å². The second kappa shape index (κ2) is 3.76. The molecular weight excluding hydrogens is 161 g/mol. The van der Waals surface area contributed by atoms with Crippen LogP contribution in [0.25, 0.3) is 0 Å². The summed E-state index contributed by atoms with van der Waals surface area (Å²) in [5, 5.41) is 28.7. The summed E-state index contributed by atoms with van der Waals surface area (Å²) >= 11 is 0. The van der Waals surface area contributed by atoms with E-state index in [-0.39, 0.29) is 12.3 Å². The summed E-state index contributed by atoms with van der Waals surface area (Å²) in [4.78, 5) is 0. The van der Waals surface area contributed by atoms with Gasteiger partial charge in [-0.05, 0) is 0 Å². The Morgan fingerprint density at radius 2 is 2.50 bits per heavy atom. The Morgan fingerprint density at radius 3 is 3.08 bits per heavy atom. The highest BCUT2D eigenvalue weighted by Crippen LogP contribution is 2.07. The Hall–Kier alpha value is -1.52. The van der Waals surface area contributed by atoms with E-state index in [0.717, 1.165) is 0 Å². The van der Waals surface area contributed by atoms with E-state index in [9.17, 15) is 0 Å². The largest absolute Gasteiger partial charge is 0.707 e. The molecule has 1 heterocycles. The van der Waals surface area contributed by atoms with E-state index in [1.165, 1.54) is 17.1 Å². The zero-order chi connectivity index (χ0) is 8.97. The van der Waals surface area contributed by atoms with Crippen LogP contribution in [0.3, 0.4) is 0 Å². The predicted octanol–water partition coefficient (Wildman–Crippen LogP) is -1.25. The van der Waals surface area contributed by atoms with Gasteiger partial charge in [-0.3, -0.25) is 4.68 Å². The average Bonchev–Trinajstić information content (AvgIpc) is 2.36. The Balaban J connectivity index is 2.59. The maximum atomic E-state index is 8.38. The van der Waals surface area contributed by atoms with Crippen molar-refractivity contribution in [3.05, 3.63) is 12.4 Å². The lowest BCUT2D eigenvalue weighted by atomic mass is 10.3. The van der Waals surface area contributed by atoms with Gasteiger partial charge in [0.1, 0.15) is 12.3 Å². The number of nitrogens with zero attached hydrogens (tertiary/aromatic N) is 3. The van der Waals surface area contributed by atoms with E-state index in [1.807, 2.05) is 6.07 Å². The van der Waals surface area contributed by atoms with E-state index in [4.69, 9.17) is 15.3 Å². The first-order chi connectivity index (χ1) is 5.72. The Morgan fingerprint density at radius 1 is 1.75 bits per heavy atom. The van der Waals surface area contributed by atoms with Gasteiger partial charge in [0.05, 0.1) is 18.5 Å². The lowest BCUT2D eigenvalue weighted by Crippen LogP contribution is -2.20. The maximum Gasteiger partial charge on any atom is 0.707 e. The van der Waals surface area contributed by atoms with Gasteiger partial charge in [0.15, 0.2) is 0 Å². The minimum atomic E-state index is -1.86. The SMILES string of the molecule is N#CCn1cc(OB(O)O)cn1. The topological polar surface area (TPSA) is 91.3 Å². The minimum absolute atomic E-state index is 0.102. The summed E-state index contributed by atoms with van der Waals surface area (Å²) in [7, 11) is -1.86. The van der Waals surface area contributed by atoms with Gasteiger partial charge in [0.2, 0.25) is 0 Å². The van der Waals surface area contributed by atoms with Crippen LogP contribution >= 0.6 is 0 Å². The molecule has 0 amide bonds. The number of nitriles is 1. The van der Waals surface area contributed by atoms with Gasteiger partial charge < -0.3 is 14.7 Å². The zero-order valence-electron chi connectivity index (χ0n) is 6.08. The van der Waals surface area contributed by atoms with Crippen LogP contribution in [0.5, 0.6) is 5.75 Å². The first-order valence-electron chi connectivity index (χ1n) is 3.14. The molecule has 0 aliphatic heterocycles. The summed E-state index contributed by atoms with van der Waals surface area (Å²) in [5.41, 5.74) is 0. The molecule has 0 spiro atoms. The fourth-order valence-corrected chi connectivity index (χ4v) is 0.686. The second-order valence-electron chi connectivity index (χ2n) is 1.98. The quantitative estimate of drug-likeness (QED) is 0.549. The summed E-state index contributed by atoms with van der Waals surface area (Å²) in [6.45, 7) is 0.102. The Labute approximate surface area is 68.8 Å². The molecule has 62 valence electrons. The number of aromatic nitrogens is 2. The highest BCUT2D eigenvalue weighted by Gasteiger charge is 2.11. The van der Waals surface area contributed by atoms with Crippen molar-refractivity contribution in [2.24, 2.45) is 0 Å². The fourth-order valence-electron chi connectivity index (χ4n) is 0.686. The molecule has 0 aromatic carbocycles. The van der Waals surface area contributed by atoms with Crippen molar-refractivity contribution in [1.82, 2.24) is 9.78 Å². The molecular formula is C5H6BN3O3. The normalized spacial score (nSPS) is 9.08. The minimum Gasteiger partial charge on any atom is -0.509 e. The van der Waals surface area contributed by atoms with Crippen molar-refractivity contribution in [1.29, 1.82) is 5.26 Å². The molecule has 0 saturated carbocycles. The summed E-state index contributed by atoms with van der Waals surface area (Å²) in [6, 6.07) is 1.87. The number of hydrogen-bond donors (Lipinski definition) is 2. The first-order valence-corrected chi connectivity index (χ1v) is 3.14. The van der Waals surface area contributed by atoms with Crippen LogP contribution in [0.15, 0.2) is 12.4 Å². The van der Waals surface area contributed by atoms with Gasteiger partial charge in [-0.15, -0.1) is 0 Å². The van der Waals surface area contributed by atoms with Crippen molar-refractivity contribution in [2.75, 3.05) is 0 Å². The molecule has 12 heavy (non-hydrogen) atoms.